The average Bonchev–Trinajstić information content (AvgIpc) is 3.03. The number of imide groups is 1. The summed E-state index contributed by atoms with van der Waals surface area (Å²) in [4.78, 5) is 31.2. The van der Waals surface area contributed by atoms with E-state index in [1.54, 1.807) is 18.7 Å². The largest absolute Gasteiger partial charge is 0.419 e. The maximum atomic E-state index is 13.6. The van der Waals surface area contributed by atoms with Crippen molar-refractivity contribution in [3.8, 4) is 0 Å². The van der Waals surface area contributed by atoms with Gasteiger partial charge >= 0.3 is 12.2 Å². The Kier molecular flexibility index (Phi) is 7.05. The number of aryl methyl sites for hydroxylation is 2. The van der Waals surface area contributed by atoms with Crippen LogP contribution in [0.25, 0.3) is 11.0 Å². The van der Waals surface area contributed by atoms with Gasteiger partial charge in [0.05, 0.1) is 39.9 Å². The smallest absolute Gasteiger partial charge is 0.381 e. The Bertz CT molecular complexity index is 1220. The predicted octanol–water partition coefficient (Wildman–Crippen LogP) is 3.60. The van der Waals surface area contributed by atoms with Gasteiger partial charge in [-0.25, -0.2) is 19.1 Å². The van der Waals surface area contributed by atoms with Crippen LogP contribution in [0.4, 0.5) is 39.4 Å². The van der Waals surface area contributed by atoms with Crippen LogP contribution in [0.2, 0.25) is 0 Å². The first-order chi connectivity index (χ1) is 15.9. The number of fused-ring (bicyclic) bond motifs is 1. The fraction of sp³-hybridized carbons (Fsp3) is 0.333. The lowest BCUT2D eigenvalue weighted by molar-refractivity contribution is -0.140. The van der Waals surface area contributed by atoms with E-state index in [1.807, 2.05) is 19.0 Å². The number of likely N-dealkylation sites (N-methyl/N-ethyl adjacent to an activating group) is 1. The van der Waals surface area contributed by atoms with Crippen LogP contribution in [-0.2, 0) is 18.0 Å². The van der Waals surface area contributed by atoms with Crippen molar-refractivity contribution in [2.24, 2.45) is 7.05 Å². The molecule has 0 unspecified atom stereocenters. The summed E-state index contributed by atoms with van der Waals surface area (Å²) in [7, 11) is 5.49. The number of halogens is 4. The number of pyridine rings is 1. The minimum Gasteiger partial charge on any atom is -0.381 e. The number of rotatable bonds is 7. The van der Waals surface area contributed by atoms with Gasteiger partial charge in [-0.2, -0.15) is 18.3 Å². The molecule has 0 aliphatic carbocycles. The maximum absolute atomic E-state index is 13.6. The van der Waals surface area contributed by atoms with E-state index in [1.165, 1.54) is 6.20 Å². The molecule has 9 nitrogen and oxygen atoms in total. The summed E-state index contributed by atoms with van der Waals surface area (Å²) in [5.74, 6) is -1.52. The lowest BCUT2D eigenvalue weighted by Gasteiger charge is -2.20. The minimum atomic E-state index is -5.00. The molecule has 3 amide bonds. The van der Waals surface area contributed by atoms with Crippen LogP contribution in [0.3, 0.4) is 0 Å². The van der Waals surface area contributed by atoms with Crippen LogP contribution in [0.5, 0.6) is 0 Å². The zero-order valence-electron chi connectivity index (χ0n) is 18.9. The molecule has 1 aromatic carbocycles. The highest BCUT2D eigenvalue weighted by atomic mass is 19.4. The molecule has 0 saturated carbocycles. The molecule has 2 N–H and O–H groups in total. The third-order valence-electron chi connectivity index (χ3n) is 4.99. The Hall–Kier alpha value is -3.74. The molecule has 34 heavy (non-hydrogen) atoms. The number of urea groups is 1. The molecule has 3 aromatic rings. The molecule has 2 aromatic heterocycles. The van der Waals surface area contributed by atoms with Crippen molar-refractivity contribution in [1.29, 1.82) is 0 Å². The molecule has 13 heteroatoms. The Morgan fingerprint density at radius 1 is 1.26 bits per heavy atom. The molecule has 0 aliphatic heterocycles. The molecule has 0 saturated heterocycles. The van der Waals surface area contributed by atoms with Crippen LogP contribution in [0.15, 0.2) is 24.4 Å². The number of anilines is 3. The highest BCUT2D eigenvalue weighted by molar-refractivity contribution is 6.14. The number of hydrogen-bond donors (Lipinski definition) is 2. The van der Waals surface area contributed by atoms with Gasteiger partial charge in [-0.3, -0.25) is 9.48 Å². The number of amides is 3. The van der Waals surface area contributed by atoms with Crippen LogP contribution < -0.4 is 15.5 Å². The Morgan fingerprint density at radius 3 is 2.59 bits per heavy atom. The van der Waals surface area contributed by atoms with E-state index in [0.717, 1.165) is 6.07 Å². The van der Waals surface area contributed by atoms with Crippen molar-refractivity contribution in [2.45, 2.75) is 13.1 Å². The van der Waals surface area contributed by atoms with Gasteiger partial charge < -0.3 is 15.5 Å². The third-order valence-corrected chi connectivity index (χ3v) is 4.99. The molecular formula is C21H23F4N7O2. The van der Waals surface area contributed by atoms with E-state index in [4.69, 9.17) is 0 Å². The molecule has 0 spiro atoms. The number of carbonyl (C=O) groups is 2. The van der Waals surface area contributed by atoms with Crippen molar-refractivity contribution < 1.29 is 27.2 Å². The predicted molar refractivity (Wildman–Crippen MR) is 119 cm³/mol. The van der Waals surface area contributed by atoms with Gasteiger partial charge in [0.25, 0.3) is 0 Å². The first-order valence-electron chi connectivity index (χ1n) is 10.1. The molecule has 3 rings (SSSR count). The van der Waals surface area contributed by atoms with Crippen LogP contribution in [-0.4, -0.2) is 59.3 Å². The van der Waals surface area contributed by atoms with Crippen molar-refractivity contribution in [3.63, 3.8) is 0 Å². The maximum Gasteiger partial charge on any atom is 0.419 e. The highest BCUT2D eigenvalue weighted by Gasteiger charge is 2.35. The summed E-state index contributed by atoms with van der Waals surface area (Å²) in [6, 6.07) is 0.796. The van der Waals surface area contributed by atoms with E-state index >= 15 is 0 Å². The van der Waals surface area contributed by atoms with Gasteiger partial charge in [-0.15, -0.1) is 0 Å². The van der Waals surface area contributed by atoms with Gasteiger partial charge in [0.15, 0.2) is 5.65 Å². The van der Waals surface area contributed by atoms with Crippen molar-refractivity contribution in [3.05, 3.63) is 41.5 Å². The standard InChI is InChI=1S/C21H23F4N7O2/c1-12-17-18(26-7-8-30(2)3)16(10-27-19(17)31(4)29-12)28-20(34)32(11-33)13-5-6-15(22)14(9-13)21(23,24)25/h5-6,9-11H,7-8H2,1-4H3,(H,26,27)(H,28,34). The normalized spacial score (nSPS) is 11.7. The number of benzene rings is 1. The molecule has 0 fully saturated rings. The third kappa shape index (κ3) is 5.09. The van der Waals surface area contributed by atoms with Gasteiger partial charge in [0, 0.05) is 20.1 Å². The van der Waals surface area contributed by atoms with Crippen LogP contribution in [0.1, 0.15) is 11.3 Å². The van der Waals surface area contributed by atoms with Crippen molar-refractivity contribution in [2.75, 3.05) is 42.7 Å². The summed E-state index contributed by atoms with van der Waals surface area (Å²) < 4.78 is 54.5. The quantitative estimate of drug-likeness (QED) is 0.396. The van der Waals surface area contributed by atoms with Gasteiger partial charge in [0.2, 0.25) is 6.41 Å². The average molecular weight is 481 g/mol. The first kappa shape index (κ1) is 24.9. The SMILES string of the molecule is Cc1nn(C)c2ncc(NC(=O)N(C=O)c3ccc(F)c(C(F)(F)F)c3)c(NCCN(C)C)c12. The lowest BCUT2D eigenvalue weighted by Crippen LogP contribution is -2.34. The Morgan fingerprint density at radius 2 is 1.97 bits per heavy atom. The van der Waals surface area contributed by atoms with E-state index < -0.39 is 29.3 Å². The summed E-state index contributed by atoms with van der Waals surface area (Å²) in [5.41, 5.74) is -0.179. The molecule has 0 aliphatic rings. The number of nitrogens with zero attached hydrogens (tertiary/aromatic N) is 5. The van der Waals surface area contributed by atoms with E-state index in [9.17, 15) is 27.2 Å². The second-order valence-electron chi connectivity index (χ2n) is 7.75. The molecule has 0 radical (unpaired) electrons. The van der Waals surface area contributed by atoms with Crippen LogP contribution in [0, 0.1) is 12.7 Å². The van der Waals surface area contributed by atoms with Crippen molar-refractivity contribution >= 4 is 40.5 Å². The zero-order chi connectivity index (χ0) is 25.2. The fourth-order valence-electron chi connectivity index (χ4n) is 3.38. The molecular weight excluding hydrogens is 458 g/mol. The van der Waals surface area contributed by atoms with Crippen molar-refractivity contribution in [1.82, 2.24) is 19.7 Å². The number of hydrogen-bond acceptors (Lipinski definition) is 6. The van der Waals surface area contributed by atoms with Gasteiger partial charge in [-0.05, 0) is 39.2 Å². The topological polar surface area (TPSA) is 95.4 Å². The lowest BCUT2D eigenvalue weighted by atomic mass is 10.1. The summed E-state index contributed by atoms with van der Waals surface area (Å²) >= 11 is 0. The van der Waals surface area contributed by atoms with E-state index in [0.29, 0.717) is 52.5 Å². The van der Waals surface area contributed by atoms with Crippen LogP contribution >= 0.6 is 0 Å². The van der Waals surface area contributed by atoms with Gasteiger partial charge in [-0.1, -0.05) is 0 Å². The zero-order valence-corrected chi connectivity index (χ0v) is 18.9. The highest BCUT2D eigenvalue weighted by Crippen LogP contribution is 2.35. The second kappa shape index (κ2) is 9.63. The summed E-state index contributed by atoms with van der Waals surface area (Å²) in [6.45, 7) is 2.92. The number of alkyl halides is 3. The number of carbonyl (C=O) groups excluding carboxylic acids is 2. The molecule has 0 bridgehead atoms. The van der Waals surface area contributed by atoms with E-state index in [2.05, 4.69) is 20.7 Å². The summed E-state index contributed by atoms with van der Waals surface area (Å²) in [6.07, 6.45) is -3.60. The fourth-order valence-corrected chi connectivity index (χ4v) is 3.38. The molecule has 0 atom stereocenters. The molecule has 182 valence electrons. The first-order valence-corrected chi connectivity index (χ1v) is 10.1. The second-order valence-corrected chi connectivity index (χ2v) is 7.75. The monoisotopic (exact) mass is 481 g/mol. The summed E-state index contributed by atoms with van der Waals surface area (Å²) in [5, 5.41) is 10.7. The molecule has 2 heterocycles. The Balaban J connectivity index is 1.98. The van der Waals surface area contributed by atoms with E-state index in [-0.39, 0.29) is 12.1 Å². The minimum absolute atomic E-state index is 0.0448. The Labute approximate surface area is 192 Å². The van der Waals surface area contributed by atoms with Gasteiger partial charge in [0.1, 0.15) is 5.82 Å². The number of nitrogens with one attached hydrogen (secondary N) is 2. The number of aromatic nitrogens is 3.